The molecule has 1 aliphatic rings. The molecule has 40 heavy (non-hydrogen) atoms. The highest BCUT2D eigenvalue weighted by atomic mass is 35.5. The molecule has 6 rings (SSSR count). The molecule has 1 atom stereocenters. The smallest absolute Gasteiger partial charge is 0.232 e. The van der Waals surface area contributed by atoms with E-state index in [1.807, 2.05) is 72.8 Å². The van der Waals surface area contributed by atoms with E-state index in [1.165, 1.54) is 12.8 Å². The van der Waals surface area contributed by atoms with Crippen molar-refractivity contribution in [2.24, 2.45) is 5.92 Å². The summed E-state index contributed by atoms with van der Waals surface area (Å²) in [6, 6.07) is 27.6. The number of halogens is 1. The first-order valence-electron chi connectivity index (χ1n) is 13.6. The van der Waals surface area contributed by atoms with Gasteiger partial charge in [-0.1, -0.05) is 85.1 Å². The quantitative estimate of drug-likeness (QED) is 0.222. The largest absolute Gasteiger partial charge is 0.366 e. The molecule has 3 aromatic carbocycles. The average molecular weight is 546 g/mol. The van der Waals surface area contributed by atoms with Crippen LogP contribution in [0.15, 0.2) is 91.1 Å². The molecule has 6 nitrogen and oxygen atoms in total. The van der Waals surface area contributed by atoms with Crippen molar-refractivity contribution in [2.45, 2.75) is 38.1 Å². The van der Waals surface area contributed by atoms with E-state index in [2.05, 4.69) is 27.9 Å². The Morgan fingerprint density at radius 1 is 1.00 bits per heavy atom. The number of rotatable bonds is 8. The van der Waals surface area contributed by atoms with Gasteiger partial charge >= 0.3 is 0 Å². The highest BCUT2D eigenvalue weighted by Crippen LogP contribution is 2.38. The fourth-order valence-electron chi connectivity index (χ4n) is 5.67. The van der Waals surface area contributed by atoms with Crippen molar-refractivity contribution >= 4 is 48.0 Å². The van der Waals surface area contributed by atoms with Crippen LogP contribution in [0.5, 0.6) is 0 Å². The van der Waals surface area contributed by atoms with Gasteiger partial charge in [0, 0.05) is 35.1 Å². The summed E-state index contributed by atoms with van der Waals surface area (Å²) in [4.78, 5) is 18.3. The van der Waals surface area contributed by atoms with Crippen LogP contribution in [-0.2, 0) is 11.3 Å². The van der Waals surface area contributed by atoms with Gasteiger partial charge in [-0.05, 0) is 53.5 Å². The van der Waals surface area contributed by atoms with Gasteiger partial charge in [-0.2, -0.15) is 9.61 Å². The van der Waals surface area contributed by atoms with E-state index in [1.54, 1.807) is 10.7 Å². The average Bonchev–Trinajstić information content (AvgIpc) is 3.63. The van der Waals surface area contributed by atoms with Gasteiger partial charge in [0.25, 0.3) is 0 Å². The molecule has 8 heteroatoms. The summed E-state index contributed by atoms with van der Waals surface area (Å²) < 4.78 is 1.69. The van der Waals surface area contributed by atoms with E-state index in [0.717, 1.165) is 41.0 Å². The Bertz CT molecular complexity index is 1650. The van der Waals surface area contributed by atoms with Crippen LogP contribution in [0.1, 0.15) is 42.7 Å². The molecular formula is C32H29BClN5O. The maximum atomic E-state index is 13.6. The first-order chi connectivity index (χ1) is 19.6. The number of nitrogens with one attached hydrogen (secondary N) is 2. The van der Waals surface area contributed by atoms with Gasteiger partial charge in [-0.25, -0.2) is 4.98 Å². The van der Waals surface area contributed by atoms with E-state index in [0.29, 0.717) is 34.3 Å². The normalized spacial score (nSPS) is 14.3. The number of amides is 1. The minimum atomic E-state index is -0.149. The highest BCUT2D eigenvalue weighted by Gasteiger charge is 2.32. The van der Waals surface area contributed by atoms with Gasteiger partial charge in [0.1, 0.15) is 13.7 Å². The fourth-order valence-corrected chi connectivity index (χ4v) is 5.91. The van der Waals surface area contributed by atoms with Crippen molar-refractivity contribution in [2.75, 3.05) is 10.6 Å². The predicted molar refractivity (Wildman–Crippen MR) is 162 cm³/mol. The van der Waals surface area contributed by atoms with E-state index < -0.39 is 0 Å². The van der Waals surface area contributed by atoms with Crippen molar-refractivity contribution in [1.82, 2.24) is 14.6 Å². The fraction of sp³-hybridized carbons (Fsp3) is 0.219. The molecule has 2 heterocycles. The molecule has 2 aromatic heterocycles. The molecule has 0 bridgehead atoms. The maximum Gasteiger partial charge on any atom is 0.232 e. The topological polar surface area (TPSA) is 71.3 Å². The number of anilines is 2. The molecule has 198 valence electrons. The van der Waals surface area contributed by atoms with Crippen LogP contribution in [0, 0.1) is 5.92 Å². The molecule has 2 N–H and O–H groups in total. The minimum absolute atomic E-state index is 0.0513. The van der Waals surface area contributed by atoms with Gasteiger partial charge in [-0.15, -0.1) is 0 Å². The van der Waals surface area contributed by atoms with E-state index in [-0.39, 0.29) is 11.8 Å². The Morgan fingerprint density at radius 3 is 2.58 bits per heavy atom. The molecule has 1 aliphatic carbocycles. The Balaban J connectivity index is 1.22. The van der Waals surface area contributed by atoms with Crippen LogP contribution in [0.25, 0.3) is 16.9 Å². The van der Waals surface area contributed by atoms with Crippen LogP contribution in [0.4, 0.5) is 11.5 Å². The number of hydrogen-bond donors (Lipinski definition) is 2. The standard InChI is InChI=1S/C32H29BClN5O/c33-26-20-36-39-29(18-28(38-31(26)39)25-15-6-7-16-27(25)34)35-19-21-9-8-14-24(17-21)37-32(40)30(23-12-4-5-13-23)22-10-2-1-3-11-22/h1-3,6-11,14-18,20,23,30,35H,4-5,12-13,19H2,(H,37,40). The van der Waals surface area contributed by atoms with Gasteiger partial charge in [0.15, 0.2) is 5.65 Å². The van der Waals surface area contributed by atoms with Crippen LogP contribution in [0.2, 0.25) is 5.02 Å². The number of aromatic nitrogens is 3. The lowest BCUT2D eigenvalue weighted by atomic mass is 9.84. The van der Waals surface area contributed by atoms with Crippen molar-refractivity contribution in [1.29, 1.82) is 0 Å². The zero-order chi connectivity index (χ0) is 27.5. The van der Waals surface area contributed by atoms with Crippen molar-refractivity contribution in [3.63, 3.8) is 0 Å². The summed E-state index contributed by atoms with van der Waals surface area (Å²) in [5.74, 6) is 1.01. The van der Waals surface area contributed by atoms with Gasteiger partial charge < -0.3 is 10.6 Å². The Labute approximate surface area is 240 Å². The van der Waals surface area contributed by atoms with Crippen LogP contribution >= 0.6 is 11.6 Å². The molecule has 0 aliphatic heterocycles. The number of hydrogen-bond acceptors (Lipinski definition) is 4. The summed E-state index contributed by atoms with van der Waals surface area (Å²) in [7, 11) is 6.17. The zero-order valence-electron chi connectivity index (χ0n) is 22.1. The summed E-state index contributed by atoms with van der Waals surface area (Å²) in [6.07, 6.45) is 6.14. The molecule has 0 spiro atoms. The molecule has 1 amide bonds. The predicted octanol–water partition coefficient (Wildman–Crippen LogP) is 6.37. The first-order valence-corrected chi connectivity index (χ1v) is 14.0. The molecule has 0 saturated heterocycles. The second kappa shape index (κ2) is 11.6. The summed E-state index contributed by atoms with van der Waals surface area (Å²) in [6.45, 7) is 0.509. The van der Waals surface area contributed by atoms with Gasteiger partial charge in [0.05, 0.1) is 11.6 Å². The van der Waals surface area contributed by atoms with Crippen molar-refractivity contribution < 1.29 is 4.79 Å². The highest BCUT2D eigenvalue weighted by molar-refractivity contribution is 6.36. The lowest BCUT2D eigenvalue weighted by Gasteiger charge is -2.23. The number of benzene rings is 3. The van der Waals surface area contributed by atoms with Crippen molar-refractivity contribution in [3.05, 3.63) is 107 Å². The van der Waals surface area contributed by atoms with Crippen LogP contribution in [0.3, 0.4) is 0 Å². The second-order valence-corrected chi connectivity index (χ2v) is 10.7. The third-order valence-corrected chi connectivity index (χ3v) is 7.96. The van der Waals surface area contributed by atoms with E-state index in [9.17, 15) is 4.79 Å². The second-order valence-electron chi connectivity index (χ2n) is 10.3. The van der Waals surface area contributed by atoms with Crippen LogP contribution in [-0.4, -0.2) is 28.4 Å². The summed E-state index contributed by atoms with van der Waals surface area (Å²) in [5.41, 5.74) is 5.43. The third kappa shape index (κ3) is 5.47. The SMILES string of the molecule is [B]c1cnn2c(NCc3cccc(NC(=O)C(c4ccccc4)C4CCCC4)c3)cc(-c3ccccc3Cl)nc12. The lowest BCUT2D eigenvalue weighted by molar-refractivity contribution is -0.118. The molecule has 1 unspecified atom stereocenters. The maximum absolute atomic E-state index is 13.6. The number of carbonyl (C=O) groups excluding carboxylic acids is 1. The van der Waals surface area contributed by atoms with Crippen molar-refractivity contribution in [3.8, 4) is 11.3 Å². The first kappa shape index (κ1) is 26.1. The Hall–Kier alpha value is -4.10. The Kier molecular flexibility index (Phi) is 7.56. The van der Waals surface area contributed by atoms with Gasteiger partial charge in [-0.3, -0.25) is 4.79 Å². The summed E-state index contributed by atoms with van der Waals surface area (Å²) in [5, 5.41) is 11.7. The third-order valence-electron chi connectivity index (χ3n) is 7.63. The molecule has 1 saturated carbocycles. The monoisotopic (exact) mass is 545 g/mol. The molecule has 2 radical (unpaired) electrons. The number of fused-ring (bicyclic) bond motifs is 1. The Morgan fingerprint density at radius 2 is 1.77 bits per heavy atom. The van der Waals surface area contributed by atoms with E-state index >= 15 is 0 Å². The molecular weight excluding hydrogens is 517 g/mol. The number of carbonyl (C=O) groups is 1. The minimum Gasteiger partial charge on any atom is -0.366 e. The number of nitrogens with zero attached hydrogens (tertiary/aromatic N) is 3. The van der Waals surface area contributed by atoms with E-state index in [4.69, 9.17) is 24.4 Å². The molecule has 5 aromatic rings. The van der Waals surface area contributed by atoms with Crippen LogP contribution < -0.4 is 16.1 Å². The zero-order valence-corrected chi connectivity index (χ0v) is 22.8. The lowest BCUT2D eigenvalue weighted by Crippen LogP contribution is -2.26. The summed E-state index contributed by atoms with van der Waals surface area (Å²) >= 11 is 6.46. The van der Waals surface area contributed by atoms with Gasteiger partial charge in [0.2, 0.25) is 5.91 Å². The molecule has 1 fully saturated rings.